The number of primary amides is 1. The number of benzene rings is 3. The average molecular weight is 752 g/mol. The quantitative estimate of drug-likeness (QED) is 0.168. The normalized spacial score (nSPS) is 18.0. The number of anilines is 1. The lowest BCUT2D eigenvalue weighted by atomic mass is 9.86. The van der Waals surface area contributed by atoms with Crippen LogP contribution in [0, 0.1) is 5.92 Å². The van der Waals surface area contributed by atoms with Crippen molar-refractivity contribution in [3.63, 3.8) is 0 Å². The molecule has 0 aliphatic carbocycles. The Bertz CT molecular complexity index is 1880. The molecule has 3 aliphatic rings. The van der Waals surface area contributed by atoms with Crippen LogP contribution in [0.15, 0.2) is 79.1 Å². The minimum absolute atomic E-state index is 0. The number of fused-ring (bicyclic) bond motifs is 3. The number of amides is 2. The van der Waals surface area contributed by atoms with Gasteiger partial charge in [0.1, 0.15) is 22.3 Å². The van der Waals surface area contributed by atoms with Crippen LogP contribution < -0.4 is 25.1 Å². The highest BCUT2D eigenvalue weighted by Crippen LogP contribution is 2.36. The zero-order valence-electron chi connectivity index (χ0n) is 28.7. The van der Waals surface area contributed by atoms with E-state index in [1.165, 1.54) is 19.1 Å². The molecule has 3 saturated heterocycles. The number of para-hydroxylation sites is 1. The number of nitrogens with zero attached hydrogens (tertiary/aromatic N) is 2. The van der Waals surface area contributed by atoms with Crippen molar-refractivity contribution in [2.75, 3.05) is 38.8 Å². The number of nitrogens with one attached hydrogen (secondary N) is 1. The van der Waals surface area contributed by atoms with E-state index in [0.717, 1.165) is 25.9 Å². The highest BCUT2D eigenvalue weighted by atomic mass is 35.5. The van der Waals surface area contributed by atoms with Gasteiger partial charge in [-0.15, -0.1) is 0 Å². The smallest absolute Gasteiger partial charge is 0.414 e. The van der Waals surface area contributed by atoms with Crippen molar-refractivity contribution in [1.82, 2.24) is 4.90 Å². The number of hydrogen-bond donors (Lipinski definition) is 1. The molecule has 4 aromatic rings. The topological polar surface area (TPSA) is 165 Å². The number of ether oxygens (including phenoxy) is 4. The van der Waals surface area contributed by atoms with Crippen molar-refractivity contribution >= 4 is 46.9 Å². The summed E-state index contributed by atoms with van der Waals surface area (Å²) in [6, 6.07) is 18.6. The number of rotatable bonds is 12. The van der Waals surface area contributed by atoms with Gasteiger partial charge in [0.05, 0.1) is 37.6 Å². The summed E-state index contributed by atoms with van der Waals surface area (Å²) in [4.78, 5) is 46.4. The molecule has 0 saturated carbocycles. The van der Waals surface area contributed by atoms with E-state index in [1.54, 1.807) is 79.1 Å². The van der Waals surface area contributed by atoms with E-state index in [-0.39, 0.29) is 35.7 Å². The van der Waals surface area contributed by atoms with Gasteiger partial charge in [-0.1, -0.05) is 53.5 Å². The predicted molar refractivity (Wildman–Crippen MR) is 193 cm³/mol. The van der Waals surface area contributed by atoms with Crippen LogP contribution in [-0.4, -0.2) is 68.3 Å². The molecule has 4 N–H and O–H groups in total. The van der Waals surface area contributed by atoms with Gasteiger partial charge in [0.2, 0.25) is 0 Å². The van der Waals surface area contributed by atoms with Gasteiger partial charge in [0.25, 0.3) is 5.91 Å². The van der Waals surface area contributed by atoms with Crippen LogP contribution in [0.1, 0.15) is 56.4 Å². The number of H-pyrrole nitrogens is 1. The number of carbonyl (C=O) groups is 3. The fraction of sp³-hybridized carbons (Fsp3) is 0.316. The number of hydrogen-bond acceptors (Lipinski definition) is 9. The Morgan fingerprint density at radius 1 is 0.942 bits per heavy atom. The second-order valence-corrected chi connectivity index (χ2v) is 13.4. The molecule has 12 nitrogen and oxygen atoms in total. The van der Waals surface area contributed by atoms with Gasteiger partial charge < -0.3 is 30.2 Å². The number of methoxy groups -OCH3 is 2. The molecule has 274 valence electrons. The van der Waals surface area contributed by atoms with Gasteiger partial charge >= 0.3 is 12.1 Å². The van der Waals surface area contributed by atoms with E-state index >= 15 is 0 Å². The van der Waals surface area contributed by atoms with E-state index in [1.807, 2.05) is 0 Å². The summed E-state index contributed by atoms with van der Waals surface area (Å²) in [5.41, 5.74) is 8.45. The second-order valence-electron chi connectivity index (χ2n) is 12.6. The summed E-state index contributed by atoms with van der Waals surface area (Å²) in [6.45, 7) is 2.76. The Labute approximate surface area is 311 Å². The number of esters is 1. The van der Waals surface area contributed by atoms with Crippen molar-refractivity contribution in [2.45, 2.75) is 38.0 Å². The fourth-order valence-corrected chi connectivity index (χ4v) is 7.20. The Morgan fingerprint density at radius 2 is 1.62 bits per heavy atom. The Kier molecular flexibility index (Phi) is 12.6. The third kappa shape index (κ3) is 8.59. The molecule has 3 aliphatic heterocycles. The maximum atomic E-state index is 13.8. The molecule has 3 fully saturated rings. The van der Waals surface area contributed by atoms with Gasteiger partial charge in [0.15, 0.2) is 23.9 Å². The molecular weight excluding hydrogens is 711 g/mol. The third-order valence-corrected chi connectivity index (χ3v) is 10.1. The summed E-state index contributed by atoms with van der Waals surface area (Å²) in [7, 11) is 3.06. The van der Waals surface area contributed by atoms with Crippen LogP contribution in [0.3, 0.4) is 0 Å². The summed E-state index contributed by atoms with van der Waals surface area (Å²) in [6.07, 6.45) is 3.74. The number of pyridine rings is 1. The molecule has 0 unspecified atom stereocenters. The summed E-state index contributed by atoms with van der Waals surface area (Å²) in [5, 5.41) is 0.783. The SMILES string of the molecule is COc1ccc([C@H](Cc2c(Cl)c[nH+]cc2Cl)OC(=O)c2ccc(CN(C(=O)O[C@H]3CN4CCC3CC4)c3ccccc3C(N)=O)cc2)cc1OC.[OH-]. The average Bonchev–Trinajstić information content (AvgIpc) is 3.15. The maximum Gasteiger partial charge on any atom is 0.414 e. The third-order valence-electron chi connectivity index (χ3n) is 9.47. The molecular formula is C38H40Cl2N4O8. The molecule has 52 heavy (non-hydrogen) atoms. The van der Waals surface area contributed by atoms with E-state index < -0.39 is 24.1 Å². The molecule has 3 aromatic carbocycles. The number of carbonyl (C=O) groups excluding carboxylic acids is 3. The fourth-order valence-electron chi connectivity index (χ4n) is 6.67. The number of halogens is 2. The maximum absolute atomic E-state index is 13.8. The van der Waals surface area contributed by atoms with Crippen molar-refractivity contribution in [3.05, 3.63) is 117 Å². The largest absolute Gasteiger partial charge is 0.870 e. The first-order valence-electron chi connectivity index (χ1n) is 16.6. The van der Waals surface area contributed by atoms with E-state index in [2.05, 4.69) is 9.88 Å². The molecule has 0 radical (unpaired) electrons. The first kappa shape index (κ1) is 38.4. The van der Waals surface area contributed by atoms with Crippen molar-refractivity contribution in [1.29, 1.82) is 0 Å². The molecule has 4 heterocycles. The lowest BCUT2D eigenvalue weighted by molar-refractivity contribution is -0.377. The molecule has 2 amide bonds. The summed E-state index contributed by atoms with van der Waals surface area (Å²) >= 11 is 13.0. The van der Waals surface area contributed by atoms with Crippen LogP contribution in [-0.2, 0) is 22.4 Å². The lowest BCUT2D eigenvalue weighted by Crippen LogP contribution is -2.53. The van der Waals surface area contributed by atoms with Gasteiger partial charge in [-0.3, -0.25) is 14.6 Å². The van der Waals surface area contributed by atoms with Crippen molar-refractivity contribution < 1.29 is 43.8 Å². The van der Waals surface area contributed by atoms with E-state index in [4.69, 9.17) is 47.9 Å². The van der Waals surface area contributed by atoms with E-state index in [0.29, 0.717) is 56.4 Å². The molecule has 1 aromatic heterocycles. The second kappa shape index (κ2) is 17.1. The van der Waals surface area contributed by atoms with Crippen LogP contribution in [0.2, 0.25) is 10.0 Å². The molecule has 14 heteroatoms. The first-order valence-corrected chi connectivity index (χ1v) is 17.4. The van der Waals surface area contributed by atoms with Crippen LogP contribution in [0.4, 0.5) is 10.5 Å². The molecule has 0 spiro atoms. The number of aromatic nitrogens is 1. The standard InChI is InChI=1S/C38H38Cl2N4O7.H2O/c1-48-32-12-11-26(17-34(32)49-2)33(18-28-29(39)19-42-20-30(28)40)50-37(46)25-9-7-23(8-10-25)21-44(31-6-4-3-5-27(31)36(41)45)38(47)51-35-22-43-15-13-24(35)14-16-43;/h3-12,17,19-20,24,33,35H,13-16,18,21-22H2,1-2H3,(H2,41,45);1H2/t33-,35-;/m0./s1. The monoisotopic (exact) mass is 750 g/mol. The van der Waals surface area contributed by atoms with Crippen molar-refractivity contribution in [3.8, 4) is 11.5 Å². The molecule has 7 rings (SSSR count). The van der Waals surface area contributed by atoms with Crippen LogP contribution >= 0.6 is 23.2 Å². The summed E-state index contributed by atoms with van der Waals surface area (Å²) in [5.74, 6) is 0.0341. The minimum atomic E-state index is -0.795. The lowest BCUT2D eigenvalue weighted by Gasteiger charge is -2.44. The highest BCUT2D eigenvalue weighted by Gasteiger charge is 2.38. The van der Waals surface area contributed by atoms with E-state index in [9.17, 15) is 14.4 Å². The minimum Gasteiger partial charge on any atom is -0.870 e. The van der Waals surface area contributed by atoms with Crippen LogP contribution in [0.25, 0.3) is 0 Å². The van der Waals surface area contributed by atoms with Gasteiger partial charge in [-0.25, -0.2) is 14.6 Å². The van der Waals surface area contributed by atoms with Gasteiger partial charge in [0, 0.05) is 18.5 Å². The first-order chi connectivity index (χ1) is 24.6. The highest BCUT2D eigenvalue weighted by molar-refractivity contribution is 6.35. The number of aromatic amines is 1. The van der Waals surface area contributed by atoms with Gasteiger partial charge in [-0.05, 0) is 79.4 Å². The molecule has 2 atom stereocenters. The number of piperidine rings is 3. The Hall–Kier alpha value is -4.88. The van der Waals surface area contributed by atoms with Crippen LogP contribution in [0.5, 0.6) is 11.5 Å². The molecule has 2 bridgehead atoms. The van der Waals surface area contributed by atoms with Gasteiger partial charge in [-0.2, -0.15) is 0 Å². The predicted octanol–water partition coefficient (Wildman–Crippen LogP) is 6.13. The Morgan fingerprint density at radius 3 is 2.23 bits per heavy atom. The zero-order valence-corrected chi connectivity index (χ0v) is 30.2. The van der Waals surface area contributed by atoms with Crippen molar-refractivity contribution in [2.24, 2.45) is 11.7 Å². The Balaban J connectivity index is 0.00000523. The summed E-state index contributed by atoms with van der Waals surface area (Å²) < 4.78 is 23.0. The zero-order chi connectivity index (χ0) is 36.1. The number of nitrogens with two attached hydrogens (primary N) is 1.